The molecule has 1 aliphatic carbocycles. The van der Waals surface area contributed by atoms with Gasteiger partial charge < -0.3 is 15.3 Å². The number of carbonyl (C=O) groups excluding carboxylic acids is 1. The van der Waals surface area contributed by atoms with E-state index in [0.717, 1.165) is 0 Å². The molecule has 3 rings (SSSR count). The topological polar surface area (TPSA) is 69.6 Å². The third-order valence-corrected chi connectivity index (χ3v) is 3.66. The van der Waals surface area contributed by atoms with Gasteiger partial charge in [-0.25, -0.2) is 9.18 Å². The second-order valence-electron chi connectivity index (χ2n) is 4.96. The van der Waals surface area contributed by atoms with Crippen LogP contribution in [0.1, 0.15) is 18.0 Å². The normalized spacial score (nSPS) is 29.2. The van der Waals surface area contributed by atoms with Gasteiger partial charge in [0.25, 0.3) is 0 Å². The van der Waals surface area contributed by atoms with Gasteiger partial charge in [0.05, 0.1) is 12.0 Å². The first-order valence-electron chi connectivity index (χ1n) is 6.11. The highest BCUT2D eigenvalue weighted by Crippen LogP contribution is 2.38. The van der Waals surface area contributed by atoms with Gasteiger partial charge in [0.2, 0.25) is 0 Å². The minimum absolute atomic E-state index is 0.226. The lowest BCUT2D eigenvalue weighted by Gasteiger charge is -2.14. The molecule has 5 nitrogen and oxygen atoms in total. The van der Waals surface area contributed by atoms with Crippen LogP contribution < -0.4 is 5.32 Å². The van der Waals surface area contributed by atoms with Crippen molar-refractivity contribution in [3.05, 3.63) is 35.6 Å². The van der Waals surface area contributed by atoms with E-state index in [9.17, 15) is 14.0 Å². The summed E-state index contributed by atoms with van der Waals surface area (Å²) in [6.45, 7) is 0.386. The molecule has 3 unspecified atom stereocenters. The zero-order valence-electron chi connectivity index (χ0n) is 10.0. The summed E-state index contributed by atoms with van der Waals surface area (Å²) in [6, 6.07) is 5.29. The van der Waals surface area contributed by atoms with Crippen molar-refractivity contribution in [2.45, 2.75) is 18.5 Å². The molecule has 1 saturated carbocycles. The van der Waals surface area contributed by atoms with Crippen LogP contribution in [0.3, 0.4) is 0 Å². The Morgan fingerprint density at radius 3 is 2.89 bits per heavy atom. The van der Waals surface area contributed by atoms with Crippen molar-refractivity contribution >= 4 is 12.0 Å². The second kappa shape index (κ2) is 4.22. The molecule has 0 spiro atoms. The number of carboxylic acid groups (broad SMARTS) is 1. The minimum atomic E-state index is -0.869. The highest BCUT2D eigenvalue weighted by atomic mass is 19.1. The van der Waals surface area contributed by atoms with Crippen LogP contribution in [0, 0.1) is 11.7 Å². The number of hydrogen-bond acceptors (Lipinski definition) is 2. The molecule has 1 heterocycles. The molecule has 0 radical (unpaired) electrons. The standard InChI is InChI=1S/C13H13FN2O3/c14-8-3-1-2-7(4-8)10-6-16(13(19)15-10)11-5-9(11)12(17)18/h1-4,9-11H,5-6H2,(H,15,19)(H,17,18). The first-order chi connectivity index (χ1) is 9.06. The first-order valence-corrected chi connectivity index (χ1v) is 6.11. The fourth-order valence-electron chi connectivity index (χ4n) is 2.55. The van der Waals surface area contributed by atoms with Gasteiger partial charge in [-0.1, -0.05) is 12.1 Å². The molecule has 0 aromatic heterocycles. The van der Waals surface area contributed by atoms with Crippen LogP contribution in [0.5, 0.6) is 0 Å². The van der Waals surface area contributed by atoms with Crippen LogP contribution >= 0.6 is 0 Å². The van der Waals surface area contributed by atoms with E-state index < -0.39 is 11.9 Å². The molecular weight excluding hydrogens is 251 g/mol. The van der Waals surface area contributed by atoms with Gasteiger partial charge in [0, 0.05) is 12.6 Å². The van der Waals surface area contributed by atoms with Crippen LogP contribution in [-0.2, 0) is 4.79 Å². The average molecular weight is 264 g/mol. The summed E-state index contributed by atoms with van der Waals surface area (Å²) in [4.78, 5) is 24.2. The molecule has 19 heavy (non-hydrogen) atoms. The van der Waals surface area contributed by atoms with E-state index in [1.54, 1.807) is 12.1 Å². The van der Waals surface area contributed by atoms with Gasteiger partial charge in [-0.3, -0.25) is 4.79 Å². The van der Waals surface area contributed by atoms with Gasteiger partial charge in [0.15, 0.2) is 0 Å². The molecule has 0 bridgehead atoms. The number of aliphatic carboxylic acids is 1. The number of nitrogens with zero attached hydrogens (tertiary/aromatic N) is 1. The average Bonchev–Trinajstić information content (AvgIpc) is 3.06. The summed E-state index contributed by atoms with van der Waals surface area (Å²) in [7, 11) is 0. The van der Waals surface area contributed by atoms with E-state index in [2.05, 4.69) is 5.32 Å². The maximum Gasteiger partial charge on any atom is 0.318 e. The van der Waals surface area contributed by atoms with E-state index >= 15 is 0 Å². The number of rotatable bonds is 3. The van der Waals surface area contributed by atoms with Gasteiger partial charge in [0.1, 0.15) is 5.82 Å². The highest BCUT2D eigenvalue weighted by molar-refractivity contribution is 5.81. The summed E-state index contributed by atoms with van der Waals surface area (Å²) < 4.78 is 13.1. The van der Waals surface area contributed by atoms with E-state index in [1.165, 1.54) is 17.0 Å². The second-order valence-corrected chi connectivity index (χ2v) is 4.96. The smallest absolute Gasteiger partial charge is 0.318 e. The summed E-state index contributed by atoms with van der Waals surface area (Å²) in [5.41, 5.74) is 0.698. The van der Waals surface area contributed by atoms with Crippen LogP contribution in [-0.4, -0.2) is 34.6 Å². The van der Waals surface area contributed by atoms with Crippen molar-refractivity contribution in [2.24, 2.45) is 5.92 Å². The molecule has 1 aromatic rings. The number of benzene rings is 1. The van der Waals surface area contributed by atoms with E-state index in [-0.39, 0.29) is 23.9 Å². The number of halogens is 1. The molecule has 1 saturated heterocycles. The highest BCUT2D eigenvalue weighted by Gasteiger charge is 2.51. The van der Waals surface area contributed by atoms with Gasteiger partial charge in [-0.15, -0.1) is 0 Å². The summed E-state index contributed by atoms with van der Waals surface area (Å²) in [5, 5.41) is 11.6. The Hall–Kier alpha value is -2.11. The van der Waals surface area contributed by atoms with E-state index in [0.29, 0.717) is 18.5 Å². The van der Waals surface area contributed by atoms with Crippen molar-refractivity contribution in [1.82, 2.24) is 10.2 Å². The first kappa shape index (κ1) is 12.0. The zero-order chi connectivity index (χ0) is 13.6. The number of urea groups is 1. The monoisotopic (exact) mass is 264 g/mol. The third kappa shape index (κ3) is 2.14. The lowest BCUT2D eigenvalue weighted by atomic mass is 10.1. The Morgan fingerprint density at radius 1 is 1.47 bits per heavy atom. The van der Waals surface area contributed by atoms with Gasteiger partial charge >= 0.3 is 12.0 Å². The van der Waals surface area contributed by atoms with Gasteiger partial charge in [-0.2, -0.15) is 0 Å². The number of nitrogens with one attached hydrogen (secondary N) is 1. The van der Waals surface area contributed by atoms with Crippen LogP contribution in [0.2, 0.25) is 0 Å². The molecule has 2 amide bonds. The summed E-state index contributed by atoms with van der Waals surface area (Å²) >= 11 is 0. The lowest BCUT2D eigenvalue weighted by Crippen LogP contribution is -2.32. The van der Waals surface area contributed by atoms with Crippen molar-refractivity contribution in [2.75, 3.05) is 6.54 Å². The molecule has 2 fully saturated rings. The van der Waals surface area contributed by atoms with Crippen molar-refractivity contribution in [3.8, 4) is 0 Å². The maximum absolute atomic E-state index is 13.1. The predicted molar refractivity (Wildman–Crippen MR) is 63.9 cm³/mol. The fraction of sp³-hybridized carbons (Fsp3) is 0.385. The number of amides is 2. The Labute approximate surface area is 109 Å². The van der Waals surface area contributed by atoms with Crippen molar-refractivity contribution < 1.29 is 19.1 Å². The zero-order valence-corrected chi connectivity index (χ0v) is 10.0. The van der Waals surface area contributed by atoms with Gasteiger partial charge in [-0.05, 0) is 24.1 Å². The van der Waals surface area contributed by atoms with Crippen LogP contribution in [0.4, 0.5) is 9.18 Å². The Balaban J connectivity index is 1.72. The largest absolute Gasteiger partial charge is 0.481 e. The Morgan fingerprint density at radius 2 is 2.26 bits per heavy atom. The van der Waals surface area contributed by atoms with Crippen LogP contribution in [0.15, 0.2) is 24.3 Å². The number of carbonyl (C=O) groups is 2. The summed E-state index contributed by atoms with van der Waals surface area (Å²) in [6.07, 6.45) is 0.499. The summed E-state index contributed by atoms with van der Waals surface area (Å²) in [5.74, 6) is -1.68. The molecule has 100 valence electrons. The fourth-order valence-corrected chi connectivity index (χ4v) is 2.55. The molecule has 6 heteroatoms. The number of carboxylic acids is 1. The van der Waals surface area contributed by atoms with Crippen molar-refractivity contribution in [1.29, 1.82) is 0 Å². The van der Waals surface area contributed by atoms with E-state index in [4.69, 9.17) is 5.11 Å². The predicted octanol–water partition coefficient (Wildman–Crippen LogP) is 1.37. The van der Waals surface area contributed by atoms with Crippen LogP contribution in [0.25, 0.3) is 0 Å². The third-order valence-electron chi connectivity index (χ3n) is 3.66. The van der Waals surface area contributed by atoms with E-state index in [1.807, 2.05) is 0 Å². The molecule has 2 N–H and O–H groups in total. The van der Waals surface area contributed by atoms with Crippen molar-refractivity contribution in [3.63, 3.8) is 0 Å². The lowest BCUT2D eigenvalue weighted by molar-refractivity contribution is -0.138. The Kier molecular flexibility index (Phi) is 2.66. The molecule has 1 aromatic carbocycles. The number of hydrogen-bond donors (Lipinski definition) is 2. The molecular formula is C13H13FN2O3. The molecule has 2 aliphatic rings. The minimum Gasteiger partial charge on any atom is -0.481 e. The molecule has 3 atom stereocenters. The molecule has 1 aliphatic heterocycles. The Bertz CT molecular complexity index is 548. The quantitative estimate of drug-likeness (QED) is 0.866. The maximum atomic E-state index is 13.1. The SMILES string of the molecule is O=C(O)C1CC1N1CC(c2cccc(F)c2)NC1=O.